The Morgan fingerprint density at radius 1 is 1.05 bits per heavy atom. The van der Waals surface area contributed by atoms with E-state index in [1.165, 1.54) is 32.1 Å². The van der Waals surface area contributed by atoms with E-state index in [0.717, 1.165) is 26.3 Å². The van der Waals surface area contributed by atoms with Crippen molar-refractivity contribution in [1.29, 1.82) is 0 Å². The monoisotopic (exact) mass is 285 g/mol. The molecule has 0 amide bonds. The lowest BCUT2D eigenvalue weighted by atomic mass is 9.96. The number of guanidine groups is 1. The van der Waals surface area contributed by atoms with E-state index in [2.05, 4.69) is 4.90 Å². The van der Waals surface area contributed by atoms with Gasteiger partial charge in [-0.05, 0) is 26.7 Å². The number of aliphatic imine (C=N–C) groups is 1. The fourth-order valence-electron chi connectivity index (χ4n) is 2.46. The van der Waals surface area contributed by atoms with Crippen LogP contribution in [0.15, 0.2) is 4.99 Å². The third kappa shape index (κ3) is 7.10. The van der Waals surface area contributed by atoms with E-state index in [4.69, 9.17) is 20.2 Å². The van der Waals surface area contributed by atoms with Crippen LogP contribution >= 0.6 is 0 Å². The summed E-state index contributed by atoms with van der Waals surface area (Å²) >= 11 is 0. The van der Waals surface area contributed by atoms with Gasteiger partial charge in [0.25, 0.3) is 0 Å². The van der Waals surface area contributed by atoms with E-state index in [1.54, 1.807) is 0 Å². The van der Waals surface area contributed by atoms with Crippen LogP contribution in [-0.4, -0.2) is 56.4 Å². The maximum absolute atomic E-state index is 6.18. The largest absolute Gasteiger partial charge is 0.380 e. The van der Waals surface area contributed by atoms with Crippen LogP contribution in [-0.2, 0) is 9.47 Å². The van der Waals surface area contributed by atoms with Crippen molar-refractivity contribution < 1.29 is 9.47 Å². The standard InChI is InChI=1S/C15H31N3O2/c1-3-19-12-10-18(11-13-20-4-2)15(16)17-14-8-6-5-7-9-14/h14H,3-13H2,1-2H3,(H2,16,17). The minimum atomic E-state index is 0.408. The Morgan fingerprint density at radius 2 is 1.60 bits per heavy atom. The highest BCUT2D eigenvalue weighted by atomic mass is 16.5. The van der Waals surface area contributed by atoms with Crippen molar-refractivity contribution in [3.8, 4) is 0 Å². The molecule has 1 fully saturated rings. The van der Waals surface area contributed by atoms with Crippen molar-refractivity contribution in [3.63, 3.8) is 0 Å². The average molecular weight is 285 g/mol. The van der Waals surface area contributed by atoms with Crippen molar-refractivity contribution in [2.45, 2.75) is 52.0 Å². The first-order valence-corrected chi connectivity index (χ1v) is 8.01. The molecule has 118 valence electrons. The number of hydrogen-bond donors (Lipinski definition) is 1. The predicted molar refractivity (Wildman–Crippen MR) is 83.1 cm³/mol. The van der Waals surface area contributed by atoms with Crippen molar-refractivity contribution in [2.75, 3.05) is 39.5 Å². The molecular weight excluding hydrogens is 254 g/mol. The second-order valence-corrected chi connectivity index (χ2v) is 5.16. The van der Waals surface area contributed by atoms with E-state index in [-0.39, 0.29) is 0 Å². The second-order valence-electron chi connectivity index (χ2n) is 5.16. The normalized spacial score (nSPS) is 17.4. The summed E-state index contributed by atoms with van der Waals surface area (Å²) in [5.41, 5.74) is 6.18. The molecule has 0 aromatic carbocycles. The van der Waals surface area contributed by atoms with E-state index < -0.39 is 0 Å². The summed E-state index contributed by atoms with van der Waals surface area (Å²) in [5.74, 6) is 0.649. The molecule has 0 aliphatic heterocycles. The summed E-state index contributed by atoms with van der Waals surface area (Å²) in [6.45, 7) is 8.41. The molecule has 1 saturated carbocycles. The summed E-state index contributed by atoms with van der Waals surface area (Å²) in [5, 5.41) is 0. The van der Waals surface area contributed by atoms with Gasteiger partial charge >= 0.3 is 0 Å². The maximum atomic E-state index is 6.18. The van der Waals surface area contributed by atoms with Crippen LogP contribution in [0.3, 0.4) is 0 Å². The summed E-state index contributed by atoms with van der Waals surface area (Å²) in [6, 6.07) is 0.408. The topological polar surface area (TPSA) is 60.1 Å². The lowest BCUT2D eigenvalue weighted by Gasteiger charge is -2.26. The molecule has 5 heteroatoms. The Bertz CT molecular complexity index is 256. The van der Waals surface area contributed by atoms with Crippen molar-refractivity contribution >= 4 is 5.96 Å². The minimum Gasteiger partial charge on any atom is -0.380 e. The van der Waals surface area contributed by atoms with Crippen LogP contribution in [0.5, 0.6) is 0 Å². The van der Waals surface area contributed by atoms with Gasteiger partial charge in [-0.15, -0.1) is 0 Å². The molecule has 20 heavy (non-hydrogen) atoms. The Morgan fingerprint density at radius 3 is 2.10 bits per heavy atom. The Kier molecular flexibility index (Phi) is 9.41. The molecule has 0 saturated heterocycles. The van der Waals surface area contributed by atoms with Crippen LogP contribution in [0.4, 0.5) is 0 Å². The fraction of sp³-hybridized carbons (Fsp3) is 0.933. The Labute approximate surface area is 123 Å². The first-order chi connectivity index (χ1) is 9.77. The van der Waals surface area contributed by atoms with Crippen LogP contribution in [0.2, 0.25) is 0 Å². The van der Waals surface area contributed by atoms with E-state index >= 15 is 0 Å². The molecule has 0 atom stereocenters. The molecule has 5 nitrogen and oxygen atoms in total. The number of hydrogen-bond acceptors (Lipinski definition) is 3. The van der Waals surface area contributed by atoms with Gasteiger partial charge in [-0.2, -0.15) is 0 Å². The molecule has 2 N–H and O–H groups in total. The van der Waals surface area contributed by atoms with Gasteiger partial charge in [-0.3, -0.25) is 0 Å². The van der Waals surface area contributed by atoms with Crippen LogP contribution < -0.4 is 5.73 Å². The third-order valence-electron chi connectivity index (χ3n) is 3.63. The second kappa shape index (κ2) is 10.9. The van der Waals surface area contributed by atoms with Gasteiger partial charge in [-0.1, -0.05) is 19.3 Å². The molecule has 0 aromatic rings. The van der Waals surface area contributed by atoms with Gasteiger partial charge in [0.2, 0.25) is 0 Å². The summed E-state index contributed by atoms with van der Waals surface area (Å²) < 4.78 is 10.8. The summed E-state index contributed by atoms with van der Waals surface area (Å²) in [4.78, 5) is 6.79. The van der Waals surface area contributed by atoms with E-state index in [9.17, 15) is 0 Å². The zero-order chi connectivity index (χ0) is 14.6. The van der Waals surface area contributed by atoms with Gasteiger partial charge in [-0.25, -0.2) is 4.99 Å². The highest BCUT2D eigenvalue weighted by Gasteiger charge is 2.15. The SMILES string of the molecule is CCOCCN(CCOCC)C(N)=NC1CCCCC1. The molecule has 1 aliphatic carbocycles. The summed E-state index contributed by atoms with van der Waals surface area (Å²) in [6.07, 6.45) is 6.24. The van der Waals surface area contributed by atoms with Gasteiger partial charge in [0.05, 0.1) is 19.3 Å². The van der Waals surface area contributed by atoms with Crippen LogP contribution in [0.25, 0.3) is 0 Å². The fourth-order valence-corrected chi connectivity index (χ4v) is 2.46. The van der Waals surface area contributed by atoms with Crippen LogP contribution in [0.1, 0.15) is 46.0 Å². The average Bonchev–Trinajstić information content (AvgIpc) is 2.47. The smallest absolute Gasteiger partial charge is 0.191 e. The van der Waals surface area contributed by atoms with Gasteiger partial charge < -0.3 is 20.1 Å². The third-order valence-corrected chi connectivity index (χ3v) is 3.63. The van der Waals surface area contributed by atoms with Gasteiger partial charge in [0.15, 0.2) is 5.96 Å². The molecule has 0 spiro atoms. The Hall–Kier alpha value is -0.810. The molecule has 0 heterocycles. The predicted octanol–water partition coefficient (Wildman–Crippen LogP) is 2.01. The van der Waals surface area contributed by atoms with Gasteiger partial charge in [0, 0.05) is 26.3 Å². The molecule has 1 rings (SSSR count). The lowest BCUT2D eigenvalue weighted by Crippen LogP contribution is -2.42. The summed E-state index contributed by atoms with van der Waals surface area (Å²) in [7, 11) is 0. The van der Waals surface area contributed by atoms with Crippen molar-refractivity contribution in [1.82, 2.24) is 4.90 Å². The minimum absolute atomic E-state index is 0.408. The molecule has 1 aliphatic rings. The van der Waals surface area contributed by atoms with E-state index in [0.29, 0.717) is 25.2 Å². The first-order valence-electron chi connectivity index (χ1n) is 8.01. The Balaban J connectivity index is 2.46. The molecular formula is C15H31N3O2. The number of nitrogens with zero attached hydrogens (tertiary/aromatic N) is 2. The molecule has 0 bridgehead atoms. The number of ether oxygens (including phenoxy) is 2. The van der Waals surface area contributed by atoms with E-state index in [1.807, 2.05) is 13.8 Å². The lowest BCUT2D eigenvalue weighted by molar-refractivity contribution is 0.106. The van der Waals surface area contributed by atoms with Crippen molar-refractivity contribution in [2.24, 2.45) is 10.7 Å². The molecule has 0 aromatic heterocycles. The van der Waals surface area contributed by atoms with Gasteiger partial charge in [0.1, 0.15) is 0 Å². The zero-order valence-electron chi connectivity index (χ0n) is 13.1. The zero-order valence-corrected chi connectivity index (χ0v) is 13.1. The van der Waals surface area contributed by atoms with Crippen molar-refractivity contribution in [3.05, 3.63) is 0 Å². The number of nitrogens with two attached hydrogens (primary N) is 1. The quantitative estimate of drug-likeness (QED) is 0.400. The molecule has 0 unspecified atom stereocenters. The highest BCUT2D eigenvalue weighted by molar-refractivity contribution is 5.78. The number of rotatable bonds is 9. The van der Waals surface area contributed by atoms with Crippen LogP contribution in [0, 0.1) is 0 Å². The maximum Gasteiger partial charge on any atom is 0.191 e. The highest BCUT2D eigenvalue weighted by Crippen LogP contribution is 2.20. The molecule has 0 radical (unpaired) electrons. The first kappa shape index (κ1) is 17.2.